The number of nitrogens with zero attached hydrogens (tertiary/aromatic N) is 2. The molecule has 0 saturated heterocycles. The predicted octanol–water partition coefficient (Wildman–Crippen LogP) is -4.87. The molecule has 13 heteroatoms. The van der Waals surface area contributed by atoms with E-state index in [2.05, 4.69) is 11.6 Å². The van der Waals surface area contributed by atoms with Crippen molar-refractivity contribution in [2.75, 3.05) is 0 Å². The van der Waals surface area contributed by atoms with Crippen LogP contribution in [0.2, 0.25) is 0 Å². The second-order valence-corrected chi connectivity index (χ2v) is 2.42. The smallest absolute Gasteiger partial charge is 0.759 e. The van der Waals surface area contributed by atoms with Gasteiger partial charge in [-0.25, -0.2) is 4.98 Å². The zero-order valence-corrected chi connectivity index (χ0v) is 11.0. The van der Waals surface area contributed by atoms with Crippen molar-refractivity contribution in [3.05, 3.63) is 25.3 Å². The van der Waals surface area contributed by atoms with Crippen LogP contribution in [0.3, 0.4) is 0 Å². The maximum absolute atomic E-state index is 8.52. The van der Waals surface area contributed by atoms with E-state index in [0.29, 0.717) is 0 Å². The van der Waals surface area contributed by atoms with E-state index < -0.39 is 10.4 Å². The molecular weight excluding hydrogens is 323 g/mol. The van der Waals surface area contributed by atoms with Gasteiger partial charge in [-0.15, -0.1) is 0 Å². The van der Waals surface area contributed by atoms with E-state index in [0.717, 1.165) is 0 Å². The SMILES string of the molecule is C=Cn1ccnc1.O.O=S(=O)([O-])[O-].[Co+2].[OH3+].[OH3+].[OH3+].[OH3+]. The first kappa shape index (κ1) is 43.4. The van der Waals surface area contributed by atoms with Crippen LogP contribution in [0.4, 0.5) is 0 Å². The van der Waals surface area contributed by atoms with Crippen LogP contribution < -0.4 is 0 Å². The molecule has 0 amide bonds. The Morgan fingerprint density at radius 2 is 1.50 bits per heavy atom. The van der Waals surface area contributed by atoms with Crippen molar-refractivity contribution < 1.29 is 61.7 Å². The second kappa shape index (κ2) is 21.4. The summed E-state index contributed by atoms with van der Waals surface area (Å²) in [5.74, 6) is 0. The standard InChI is InChI=1S/C5H6N2.Co.H2O4S.5H2O/c1-2-7-4-3-6-5-7;;1-5(2,3)4;;;;;/h2-5H,1H2;;(H2,1,2,3,4);5*1H2/q;+2;;;;;;/p+2. The molecule has 0 saturated carbocycles. The molecule has 115 valence electrons. The third kappa shape index (κ3) is 45.7. The average molecular weight is 343 g/mol. The summed E-state index contributed by atoms with van der Waals surface area (Å²) in [6.45, 7) is 3.53. The van der Waals surface area contributed by atoms with Crippen LogP contribution in [0, 0.1) is 0 Å². The van der Waals surface area contributed by atoms with E-state index >= 15 is 0 Å². The van der Waals surface area contributed by atoms with Gasteiger partial charge in [0.25, 0.3) is 0 Å². The molecule has 1 rings (SSSR count). The molecule has 0 fully saturated rings. The van der Waals surface area contributed by atoms with E-state index in [-0.39, 0.29) is 44.2 Å². The topological polar surface area (TPSA) is 262 Å². The Labute approximate surface area is 113 Å². The fraction of sp³-hybridized carbons (Fsp3) is 0. The fourth-order valence-electron chi connectivity index (χ4n) is 0.377. The van der Waals surface area contributed by atoms with E-state index in [4.69, 9.17) is 17.5 Å². The first-order valence-electron chi connectivity index (χ1n) is 2.70. The van der Waals surface area contributed by atoms with Crippen LogP contribution in [0.5, 0.6) is 0 Å². The predicted molar refractivity (Wildman–Crippen MR) is 62.2 cm³/mol. The third-order valence-electron chi connectivity index (χ3n) is 0.736. The molecule has 0 spiro atoms. The Balaban J connectivity index is -0.0000000208. The number of hydrogen-bond donors (Lipinski definition) is 0. The monoisotopic (exact) mass is 343 g/mol. The molecule has 0 aliphatic heterocycles. The molecule has 0 unspecified atom stereocenters. The van der Waals surface area contributed by atoms with Crippen molar-refractivity contribution >= 4 is 16.6 Å². The molecule has 14 N–H and O–H groups in total. The van der Waals surface area contributed by atoms with Crippen molar-refractivity contribution in [1.82, 2.24) is 9.55 Å². The summed E-state index contributed by atoms with van der Waals surface area (Å²) in [5, 5.41) is 0. The summed E-state index contributed by atoms with van der Waals surface area (Å²) < 4.78 is 35.9. The van der Waals surface area contributed by atoms with Crippen LogP contribution in [0.25, 0.3) is 6.20 Å². The first-order valence-corrected chi connectivity index (χ1v) is 4.03. The minimum atomic E-state index is -5.17. The van der Waals surface area contributed by atoms with Crippen molar-refractivity contribution in [3.63, 3.8) is 0 Å². The Kier molecular flexibility index (Phi) is 51.7. The molecule has 0 atom stereocenters. The zero-order chi connectivity index (χ0) is 9.61. The Morgan fingerprint density at radius 1 is 1.17 bits per heavy atom. The second-order valence-electron chi connectivity index (χ2n) is 1.60. The van der Waals surface area contributed by atoms with Crippen LogP contribution in [-0.4, -0.2) is 32.6 Å². The van der Waals surface area contributed by atoms with Gasteiger partial charge in [0, 0.05) is 29.0 Å². The molecule has 1 heterocycles. The number of aromatic nitrogens is 2. The Morgan fingerprint density at radius 3 is 1.61 bits per heavy atom. The van der Waals surface area contributed by atoms with Gasteiger partial charge in [-0.2, -0.15) is 0 Å². The minimum Gasteiger partial charge on any atom is -0.759 e. The first-order chi connectivity index (χ1) is 5.43. The molecule has 1 aromatic heterocycles. The van der Waals surface area contributed by atoms with Gasteiger partial charge < -0.3 is 41.1 Å². The number of imidazole rings is 1. The van der Waals surface area contributed by atoms with Crippen molar-refractivity contribution in [2.45, 2.75) is 0 Å². The van der Waals surface area contributed by atoms with Crippen LogP contribution in [0.1, 0.15) is 0 Å². The fourth-order valence-corrected chi connectivity index (χ4v) is 0.377. The largest absolute Gasteiger partial charge is 2.00 e. The summed E-state index contributed by atoms with van der Waals surface area (Å²) in [4.78, 5) is 3.78. The Hall–Kier alpha value is -0.874. The minimum absolute atomic E-state index is 0. The van der Waals surface area contributed by atoms with Crippen molar-refractivity contribution in [2.24, 2.45) is 0 Å². The van der Waals surface area contributed by atoms with Gasteiger partial charge in [0.2, 0.25) is 0 Å². The van der Waals surface area contributed by atoms with Crippen molar-refractivity contribution in [3.8, 4) is 0 Å². The summed E-state index contributed by atoms with van der Waals surface area (Å²) in [5.41, 5.74) is 0. The zero-order valence-electron chi connectivity index (χ0n) is 9.09. The molecule has 1 aromatic rings. The summed E-state index contributed by atoms with van der Waals surface area (Å²) >= 11 is 0. The average Bonchev–Trinajstić information content (AvgIpc) is 2.33. The van der Waals surface area contributed by atoms with Gasteiger partial charge in [0.15, 0.2) is 0 Å². The molecular formula is C5H20CoN2O9S+4. The molecule has 0 aromatic carbocycles. The van der Waals surface area contributed by atoms with E-state index in [1.165, 1.54) is 0 Å². The Bertz CT molecular complexity index is 319. The van der Waals surface area contributed by atoms with Crippen LogP contribution in [0.15, 0.2) is 25.3 Å². The normalized spacial score (nSPS) is 6.56. The van der Waals surface area contributed by atoms with Gasteiger partial charge in [-0.3, -0.25) is 8.42 Å². The maximum atomic E-state index is 8.52. The van der Waals surface area contributed by atoms with E-state index in [9.17, 15) is 0 Å². The van der Waals surface area contributed by atoms with E-state index in [1.807, 2.05) is 6.20 Å². The van der Waals surface area contributed by atoms with Gasteiger partial charge in [0.05, 0.1) is 6.33 Å². The van der Waals surface area contributed by atoms with Gasteiger partial charge in [0.1, 0.15) is 0 Å². The quantitative estimate of drug-likeness (QED) is 0.275. The van der Waals surface area contributed by atoms with Crippen LogP contribution >= 0.6 is 0 Å². The molecule has 0 aliphatic carbocycles. The number of rotatable bonds is 1. The summed E-state index contributed by atoms with van der Waals surface area (Å²) in [6, 6.07) is 0. The molecule has 11 nitrogen and oxygen atoms in total. The van der Waals surface area contributed by atoms with Crippen LogP contribution in [-0.2, 0) is 49.1 Å². The van der Waals surface area contributed by atoms with Gasteiger partial charge in [-0.05, 0) is 0 Å². The maximum Gasteiger partial charge on any atom is 2.00 e. The van der Waals surface area contributed by atoms with E-state index in [1.54, 1.807) is 23.3 Å². The number of hydrogen-bond acceptors (Lipinski definition) is 5. The summed E-state index contributed by atoms with van der Waals surface area (Å²) in [6.07, 6.45) is 6.91. The van der Waals surface area contributed by atoms with Gasteiger partial charge in [-0.1, -0.05) is 6.58 Å². The molecule has 0 bridgehead atoms. The molecule has 0 aliphatic rings. The van der Waals surface area contributed by atoms with Crippen molar-refractivity contribution in [1.29, 1.82) is 0 Å². The molecule has 18 heavy (non-hydrogen) atoms. The molecule has 1 radical (unpaired) electrons. The third-order valence-corrected chi connectivity index (χ3v) is 0.736. The van der Waals surface area contributed by atoms with Gasteiger partial charge >= 0.3 is 16.8 Å². The summed E-state index contributed by atoms with van der Waals surface area (Å²) in [7, 11) is -5.17.